The number of nitrogens with zero attached hydrogens (tertiary/aromatic N) is 1. The number of alkyl halides is 5. The number of fused-ring (bicyclic) bond motifs is 1. The Bertz CT molecular complexity index is 588. The van der Waals surface area contributed by atoms with Crippen LogP contribution in [0.5, 0.6) is 11.5 Å². The second-order valence-electron chi connectivity index (χ2n) is 5.83. The molecule has 1 N–H and O–H groups in total. The van der Waals surface area contributed by atoms with Gasteiger partial charge in [0, 0.05) is 38.6 Å². The van der Waals surface area contributed by atoms with E-state index in [0.717, 1.165) is 0 Å². The average molecular weight is 352 g/mol. The SMILES string of the molecule is FC(F)(F)CC[C@H](c1ccc2c(c1)OC(F)(F)O2)N1CCNCC1. The molecule has 24 heavy (non-hydrogen) atoms. The van der Waals surface area contributed by atoms with Crippen molar-refractivity contribution < 1.29 is 31.4 Å². The van der Waals surface area contributed by atoms with Crippen LogP contribution in [0, 0.1) is 0 Å². The fourth-order valence-corrected chi connectivity index (χ4v) is 3.03. The van der Waals surface area contributed by atoms with Crippen LogP contribution in [0.15, 0.2) is 18.2 Å². The summed E-state index contributed by atoms with van der Waals surface area (Å²) in [4.78, 5) is 1.93. The summed E-state index contributed by atoms with van der Waals surface area (Å²) in [6.45, 7) is 2.52. The summed E-state index contributed by atoms with van der Waals surface area (Å²) in [5, 5.41) is 3.14. The standard InChI is InChI=1S/C15H17F5N2O2/c16-14(17,18)4-3-11(22-7-5-21-6-8-22)10-1-2-12-13(9-10)24-15(19,20)23-12/h1-2,9,11,21H,3-8H2/t11-/m1/s1. The molecule has 0 spiro atoms. The summed E-state index contributed by atoms with van der Waals surface area (Å²) in [7, 11) is 0. The Morgan fingerprint density at radius 2 is 1.79 bits per heavy atom. The first-order valence-electron chi connectivity index (χ1n) is 7.65. The molecule has 0 bridgehead atoms. The maximum atomic E-state index is 13.1. The maximum Gasteiger partial charge on any atom is 0.586 e. The highest BCUT2D eigenvalue weighted by Crippen LogP contribution is 2.43. The van der Waals surface area contributed by atoms with E-state index in [1.165, 1.54) is 18.2 Å². The largest absolute Gasteiger partial charge is 0.586 e. The molecule has 1 aromatic carbocycles. The number of halogens is 5. The zero-order chi connectivity index (χ0) is 17.4. The fraction of sp³-hybridized carbons (Fsp3) is 0.600. The van der Waals surface area contributed by atoms with Gasteiger partial charge in [0.05, 0.1) is 0 Å². The normalized spacial score (nSPS) is 21.7. The highest BCUT2D eigenvalue weighted by atomic mass is 19.4. The van der Waals surface area contributed by atoms with Gasteiger partial charge in [0.1, 0.15) is 0 Å². The molecule has 0 aliphatic carbocycles. The molecule has 1 atom stereocenters. The van der Waals surface area contributed by atoms with Gasteiger partial charge in [0.25, 0.3) is 0 Å². The summed E-state index contributed by atoms with van der Waals surface area (Å²) >= 11 is 0. The first-order chi connectivity index (χ1) is 11.2. The van der Waals surface area contributed by atoms with Gasteiger partial charge in [-0.3, -0.25) is 4.90 Å². The maximum absolute atomic E-state index is 13.1. The summed E-state index contributed by atoms with van der Waals surface area (Å²) in [5.41, 5.74) is 0.515. The van der Waals surface area contributed by atoms with Gasteiger partial charge in [-0.15, -0.1) is 8.78 Å². The lowest BCUT2D eigenvalue weighted by atomic mass is 9.98. The first kappa shape index (κ1) is 17.2. The van der Waals surface area contributed by atoms with Crippen LogP contribution >= 0.6 is 0 Å². The highest BCUT2D eigenvalue weighted by molar-refractivity contribution is 5.46. The third-order valence-electron chi connectivity index (χ3n) is 4.10. The molecule has 4 nitrogen and oxygen atoms in total. The molecule has 1 saturated heterocycles. The number of benzene rings is 1. The summed E-state index contributed by atoms with van der Waals surface area (Å²) in [6, 6.07) is 3.66. The van der Waals surface area contributed by atoms with E-state index in [9.17, 15) is 22.0 Å². The van der Waals surface area contributed by atoms with Crippen molar-refractivity contribution in [1.82, 2.24) is 10.2 Å². The molecule has 0 unspecified atom stereocenters. The van der Waals surface area contributed by atoms with Crippen molar-refractivity contribution in [3.8, 4) is 11.5 Å². The van der Waals surface area contributed by atoms with Crippen LogP contribution in [0.2, 0.25) is 0 Å². The number of ether oxygens (including phenoxy) is 2. The molecule has 2 heterocycles. The van der Waals surface area contributed by atoms with Crippen molar-refractivity contribution in [1.29, 1.82) is 0 Å². The molecular weight excluding hydrogens is 335 g/mol. The van der Waals surface area contributed by atoms with Crippen molar-refractivity contribution in [3.05, 3.63) is 23.8 Å². The van der Waals surface area contributed by atoms with Crippen LogP contribution in [0.1, 0.15) is 24.4 Å². The summed E-state index contributed by atoms with van der Waals surface area (Å²) < 4.78 is 72.9. The predicted octanol–water partition coefficient (Wildman–Crippen LogP) is 3.30. The monoisotopic (exact) mass is 352 g/mol. The van der Waals surface area contributed by atoms with Crippen molar-refractivity contribution in [2.45, 2.75) is 31.4 Å². The quantitative estimate of drug-likeness (QED) is 0.843. The van der Waals surface area contributed by atoms with E-state index >= 15 is 0 Å². The van der Waals surface area contributed by atoms with Gasteiger partial charge in [0.15, 0.2) is 11.5 Å². The Morgan fingerprint density at radius 1 is 1.12 bits per heavy atom. The Labute approximate surface area is 135 Å². The van der Waals surface area contributed by atoms with Crippen LogP contribution in [0.25, 0.3) is 0 Å². The van der Waals surface area contributed by atoms with Gasteiger partial charge in [-0.25, -0.2) is 0 Å². The minimum atomic E-state index is -4.27. The van der Waals surface area contributed by atoms with E-state index in [2.05, 4.69) is 14.8 Å². The molecule has 9 heteroatoms. The van der Waals surface area contributed by atoms with Crippen molar-refractivity contribution in [3.63, 3.8) is 0 Å². The van der Waals surface area contributed by atoms with Gasteiger partial charge in [0.2, 0.25) is 0 Å². The van der Waals surface area contributed by atoms with Gasteiger partial charge >= 0.3 is 12.5 Å². The van der Waals surface area contributed by atoms with Gasteiger partial charge in [-0.1, -0.05) is 6.07 Å². The van der Waals surface area contributed by atoms with E-state index in [1.54, 1.807) is 0 Å². The number of rotatable bonds is 4. The molecule has 1 fully saturated rings. The Balaban J connectivity index is 1.82. The van der Waals surface area contributed by atoms with E-state index in [1.807, 2.05) is 4.90 Å². The Hall–Kier alpha value is -1.61. The third-order valence-corrected chi connectivity index (χ3v) is 4.10. The van der Waals surface area contributed by atoms with Crippen LogP contribution in [0.3, 0.4) is 0 Å². The van der Waals surface area contributed by atoms with Gasteiger partial charge in [-0.05, 0) is 24.1 Å². The topological polar surface area (TPSA) is 33.7 Å². The van der Waals surface area contributed by atoms with E-state index < -0.39 is 24.9 Å². The number of piperazine rings is 1. The number of nitrogens with one attached hydrogen (secondary N) is 1. The molecule has 134 valence electrons. The second-order valence-corrected chi connectivity index (χ2v) is 5.83. The molecule has 0 saturated carbocycles. The Kier molecular flexibility index (Phi) is 4.56. The van der Waals surface area contributed by atoms with Crippen LogP contribution in [-0.4, -0.2) is 43.5 Å². The molecule has 0 amide bonds. The lowest BCUT2D eigenvalue weighted by Crippen LogP contribution is -2.45. The van der Waals surface area contributed by atoms with Crippen molar-refractivity contribution in [2.24, 2.45) is 0 Å². The molecule has 0 aromatic heterocycles. The zero-order valence-corrected chi connectivity index (χ0v) is 12.7. The molecular formula is C15H17F5N2O2. The van der Waals surface area contributed by atoms with Crippen LogP contribution in [0.4, 0.5) is 22.0 Å². The van der Waals surface area contributed by atoms with Gasteiger partial charge in [-0.2, -0.15) is 13.2 Å². The molecule has 2 aliphatic rings. The second kappa shape index (κ2) is 6.36. The first-order valence-corrected chi connectivity index (χ1v) is 7.65. The summed E-state index contributed by atoms with van der Waals surface area (Å²) in [6.07, 6.45) is -9.08. The lowest BCUT2D eigenvalue weighted by Gasteiger charge is -2.35. The molecule has 1 aromatic rings. The lowest BCUT2D eigenvalue weighted by molar-refractivity contribution is -0.286. The fourth-order valence-electron chi connectivity index (χ4n) is 3.03. The smallest absolute Gasteiger partial charge is 0.395 e. The van der Waals surface area contributed by atoms with E-state index in [4.69, 9.17) is 0 Å². The Morgan fingerprint density at radius 3 is 2.46 bits per heavy atom. The molecule has 2 aliphatic heterocycles. The van der Waals surface area contributed by atoms with Gasteiger partial charge < -0.3 is 14.8 Å². The van der Waals surface area contributed by atoms with Crippen molar-refractivity contribution >= 4 is 0 Å². The zero-order valence-electron chi connectivity index (χ0n) is 12.7. The number of hydrogen-bond donors (Lipinski definition) is 1. The van der Waals surface area contributed by atoms with Crippen LogP contribution < -0.4 is 14.8 Å². The van der Waals surface area contributed by atoms with Crippen molar-refractivity contribution in [2.75, 3.05) is 26.2 Å². The van der Waals surface area contributed by atoms with E-state index in [-0.39, 0.29) is 17.9 Å². The summed E-state index contributed by atoms with van der Waals surface area (Å²) in [5.74, 6) is -0.261. The third kappa shape index (κ3) is 4.07. The molecule has 3 rings (SSSR count). The number of hydrogen-bond acceptors (Lipinski definition) is 4. The van der Waals surface area contributed by atoms with E-state index in [0.29, 0.717) is 31.7 Å². The van der Waals surface area contributed by atoms with Crippen LogP contribution in [-0.2, 0) is 0 Å². The minimum absolute atomic E-state index is 0.112. The highest BCUT2D eigenvalue weighted by Gasteiger charge is 2.43. The predicted molar refractivity (Wildman–Crippen MR) is 75.1 cm³/mol. The average Bonchev–Trinajstić information content (AvgIpc) is 2.80. The molecule has 0 radical (unpaired) electrons. The minimum Gasteiger partial charge on any atom is -0.395 e.